The quantitative estimate of drug-likeness (QED) is 0.0535. The molecule has 0 spiro atoms. The van der Waals surface area contributed by atoms with E-state index in [2.05, 4.69) is 19.9 Å². The molecule has 0 radical (unpaired) electrons. The Morgan fingerprint density at radius 3 is 1.91 bits per heavy atom. The highest BCUT2D eigenvalue weighted by molar-refractivity contribution is 7.80. The van der Waals surface area contributed by atoms with Gasteiger partial charge >= 0.3 is 10.4 Å². The molecule has 5 aliphatic heterocycles. The fourth-order valence-corrected chi connectivity index (χ4v) is 15.8. The molecule has 0 amide bonds. The van der Waals surface area contributed by atoms with Crippen molar-refractivity contribution in [3.63, 3.8) is 0 Å². The van der Waals surface area contributed by atoms with Crippen LogP contribution in [0.3, 0.4) is 0 Å². The molecule has 4 aliphatic carbocycles. The van der Waals surface area contributed by atoms with Gasteiger partial charge in [0, 0.05) is 24.2 Å². The van der Waals surface area contributed by atoms with Crippen LogP contribution in [0.15, 0.2) is 11.6 Å². The Balaban J connectivity index is 0.961. The molecule has 26 nitrogen and oxygen atoms in total. The smallest absolute Gasteiger partial charge is 0.394 e. The maximum absolute atomic E-state index is 12.3. The van der Waals surface area contributed by atoms with Crippen LogP contribution in [0.25, 0.3) is 0 Å². The van der Waals surface area contributed by atoms with Crippen molar-refractivity contribution in [1.82, 2.24) is 0 Å². The Morgan fingerprint density at radius 2 is 1.28 bits per heavy atom. The molecular formula is C51H84O26S. The summed E-state index contributed by atoms with van der Waals surface area (Å²) in [5.74, 6) is -1.91. The third kappa shape index (κ3) is 11.2. The van der Waals surface area contributed by atoms with Crippen LogP contribution in [0.4, 0.5) is 0 Å². The van der Waals surface area contributed by atoms with Crippen molar-refractivity contribution >= 4 is 10.4 Å². The lowest BCUT2D eigenvalue weighted by Gasteiger charge is -2.61. The Hall–Kier alpha value is -1.27. The summed E-state index contributed by atoms with van der Waals surface area (Å²) in [5, 5.41) is 139. The van der Waals surface area contributed by atoms with E-state index in [9.17, 15) is 79.4 Å². The predicted octanol–water partition coefficient (Wildman–Crippen LogP) is -3.18. The average Bonchev–Trinajstić information content (AvgIpc) is 3.55. The highest BCUT2D eigenvalue weighted by atomic mass is 32.3. The minimum absolute atomic E-state index is 0.0313. The monoisotopic (exact) mass is 1140 g/mol. The zero-order chi connectivity index (χ0) is 56.9. The summed E-state index contributed by atoms with van der Waals surface area (Å²) >= 11 is 0. The van der Waals surface area contributed by atoms with Crippen LogP contribution < -0.4 is 0 Å². The first kappa shape index (κ1) is 61.3. The third-order valence-electron chi connectivity index (χ3n) is 19.8. The van der Waals surface area contributed by atoms with E-state index < -0.39 is 170 Å². The first-order valence-electron chi connectivity index (χ1n) is 27.5. The molecule has 5 heterocycles. The van der Waals surface area contributed by atoms with Crippen LogP contribution >= 0.6 is 0 Å². The molecule has 9 aliphatic rings. The van der Waals surface area contributed by atoms with Crippen molar-refractivity contribution in [3.05, 3.63) is 11.6 Å². The van der Waals surface area contributed by atoms with Gasteiger partial charge in [0.05, 0.1) is 50.3 Å². The van der Waals surface area contributed by atoms with E-state index in [0.29, 0.717) is 25.7 Å². The number of aliphatic hydroxyl groups is 13. The van der Waals surface area contributed by atoms with Crippen LogP contribution in [0.5, 0.6) is 0 Å². The van der Waals surface area contributed by atoms with Gasteiger partial charge in [0.1, 0.15) is 85.5 Å². The summed E-state index contributed by atoms with van der Waals surface area (Å²) in [6, 6.07) is 0. The first-order chi connectivity index (χ1) is 36.6. The normalized spacial score (nSPS) is 53.9. The van der Waals surface area contributed by atoms with Gasteiger partial charge in [-0.2, -0.15) is 8.42 Å². The molecule has 9 rings (SSSR count). The highest BCUT2D eigenvalue weighted by Gasteiger charge is 2.69. The summed E-state index contributed by atoms with van der Waals surface area (Å²) in [5.41, 5.74) is -0.234. The van der Waals surface area contributed by atoms with Gasteiger partial charge in [-0.15, -0.1) is 0 Å². The van der Waals surface area contributed by atoms with Crippen molar-refractivity contribution in [2.45, 2.75) is 240 Å². The second kappa shape index (κ2) is 23.3. The van der Waals surface area contributed by atoms with Crippen molar-refractivity contribution in [2.24, 2.45) is 46.3 Å². The van der Waals surface area contributed by atoms with Crippen molar-refractivity contribution in [3.8, 4) is 0 Å². The maximum atomic E-state index is 12.3. The molecule has 78 heavy (non-hydrogen) atoms. The zero-order valence-corrected chi connectivity index (χ0v) is 45.5. The molecule has 3 saturated carbocycles. The molecule has 0 aromatic heterocycles. The molecule has 0 bridgehead atoms. The summed E-state index contributed by atoms with van der Waals surface area (Å²) in [6.45, 7) is 9.85. The molecule has 32 atom stereocenters. The molecule has 0 aromatic carbocycles. The maximum Gasteiger partial charge on any atom is 0.397 e. The molecule has 0 aromatic rings. The molecule has 27 heteroatoms. The van der Waals surface area contributed by atoms with Crippen molar-refractivity contribution in [2.75, 3.05) is 19.8 Å². The number of allylic oxidation sites excluding steroid dienone is 1. The van der Waals surface area contributed by atoms with E-state index >= 15 is 0 Å². The van der Waals surface area contributed by atoms with E-state index in [1.807, 2.05) is 13.8 Å². The molecule has 5 saturated heterocycles. The number of aliphatic hydroxyl groups excluding tert-OH is 12. The van der Waals surface area contributed by atoms with Gasteiger partial charge in [-0.1, -0.05) is 39.3 Å². The van der Waals surface area contributed by atoms with E-state index in [0.717, 1.165) is 12.0 Å². The Morgan fingerprint density at radius 1 is 0.692 bits per heavy atom. The largest absolute Gasteiger partial charge is 0.397 e. The topological polar surface area (TPSA) is 410 Å². The van der Waals surface area contributed by atoms with E-state index in [1.54, 1.807) is 0 Å². The third-order valence-corrected chi connectivity index (χ3v) is 20.2. The SMILES string of the molecule is CC(CCC1(O)OC2CC3C4CC=C5CC(OC6OC(CO)C(O)C(O)C6O)CC(OC6OC(C)C(OS(=O)(=O)O)C(O)C6OC6OC(C)C(O)C(O)C6O)C5(C)C4CCC3(C)C2C1C)COC1OC(CO)C(O)C(O)C1O. The second-order valence-corrected chi connectivity index (χ2v) is 25.4. The van der Waals surface area contributed by atoms with Gasteiger partial charge in [-0.25, -0.2) is 4.18 Å². The summed E-state index contributed by atoms with van der Waals surface area (Å²) in [6.07, 6.45) is -27.5. The Kier molecular flexibility index (Phi) is 18.3. The summed E-state index contributed by atoms with van der Waals surface area (Å²) < 4.78 is 94.3. The fourth-order valence-electron chi connectivity index (χ4n) is 15.3. The van der Waals surface area contributed by atoms with E-state index in [-0.39, 0.29) is 72.9 Å². The lowest BCUT2D eigenvalue weighted by Crippen LogP contribution is -2.65. The summed E-state index contributed by atoms with van der Waals surface area (Å²) in [4.78, 5) is 0. The van der Waals surface area contributed by atoms with E-state index in [4.69, 9.17) is 46.8 Å². The number of fused-ring (bicyclic) bond motifs is 7. The highest BCUT2D eigenvalue weighted by Crippen LogP contribution is 2.70. The van der Waals surface area contributed by atoms with Gasteiger partial charge in [-0.05, 0) is 87.4 Å². The van der Waals surface area contributed by atoms with Crippen LogP contribution in [0.1, 0.15) is 92.9 Å². The molecule has 450 valence electrons. The van der Waals surface area contributed by atoms with Crippen molar-refractivity contribution < 1.29 is 126 Å². The molecule has 32 unspecified atom stereocenters. The van der Waals surface area contributed by atoms with E-state index in [1.165, 1.54) is 13.8 Å². The number of hydrogen-bond donors (Lipinski definition) is 14. The molecule has 14 N–H and O–H groups in total. The zero-order valence-electron chi connectivity index (χ0n) is 44.7. The summed E-state index contributed by atoms with van der Waals surface area (Å²) in [7, 11) is -5.20. The van der Waals surface area contributed by atoms with Gasteiger partial charge in [-0.3, -0.25) is 4.55 Å². The molecule has 8 fully saturated rings. The number of rotatable bonds is 16. The van der Waals surface area contributed by atoms with Crippen molar-refractivity contribution in [1.29, 1.82) is 0 Å². The van der Waals surface area contributed by atoms with Gasteiger partial charge < -0.3 is 109 Å². The minimum atomic E-state index is -5.20. The van der Waals surface area contributed by atoms with Gasteiger partial charge in [0.25, 0.3) is 0 Å². The van der Waals surface area contributed by atoms with Crippen LogP contribution in [0, 0.1) is 46.3 Å². The van der Waals surface area contributed by atoms with Gasteiger partial charge in [0.2, 0.25) is 0 Å². The van der Waals surface area contributed by atoms with Crippen LogP contribution in [-0.4, -0.2) is 246 Å². The second-order valence-electron chi connectivity index (χ2n) is 24.4. The minimum Gasteiger partial charge on any atom is -0.394 e. The fraction of sp³-hybridized carbons (Fsp3) is 0.961. The predicted molar refractivity (Wildman–Crippen MR) is 261 cm³/mol. The average molecular weight is 1150 g/mol. The number of ether oxygens (including phenoxy) is 9. The Labute approximate surface area is 453 Å². The first-order valence-corrected chi connectivity index (χ1v) is 28.9. The lowest BCUT2D eigenvalue weighted by atomic mass is 9.46. The Bertz CT molecular complexity index is 2190. The molecular weight excluding hydrogens is 1060 g/mol. The number of hydrogen-bond acceptors (Lipinski definition) is 25. The van der Waals surface area contributed by atoms with Gasteiger partial charge in [0.15, 0.2) is 30.9 Å². The standard InChI is InChI=1S/C51H84O26S/c1-19(18-68-45-39(60)37(58)34(55)29(16-52)72-45)9-12-51(64)20(2)32-28(76-51)15-27-25-8-7-23-13-24(71-47-41(62)38(59)35(56)30(17-53)73-47)14-31(50(23,6)26(25)10-11-49(27,32)5)74-48-44(42(63)43(22(4)70-48)77-78(65,66)67)75-46-40(61)36(57)33(54)21(3)69-46/h7,19-22,24-48,52-64H,8-18H2,1-6H3,(H,65,66,67). The van der Waals surface area contributed by atoms with Crippen LogP contribution in [-0.2, 0) is 57.2 Å². The lowest BCUT2D eigenvalue weighted by molar-refractivity contribution is -0.371. The van der Waals surface area contributed by atoms with Crippen LogP contribution in [0.2, 0.25) is 0 Å².